The fourth-order valence-electron chi connectivity index (χ4n) is 6.81. The predicted molar refractivity (Wildman–Crippen MR) is 171 cm³/mol. The summed E-state index contributed by atoms with van der Waals surface area (Å²) in [5.41, 5.74) is 1.23. The molecule has 10 nitrogen and oxygen atoms in total. The lowest BCUT2D eigenvalue weighted by molar-refractivity contribution is -0.138. The molecule has 3 aliphatic heterocycles. The van der Waals surface area contributed by atoms with Gasteiger partial charge in [-0.2, -0.15) is 13.2 Å². The Morgan fingerprint density at radius 2 is 1.87 bits per heavy atom. The Morgan fingerprint density at radius 1 is 1.11 bits per heavy atom. The van der Waals surface area contributed by atoms with E-state index >= 15 is 0 Å². The van der Waals surface area contributed by atoms with Crippen LogP contribution in [0.25, 0.3) is 0 Å². The molecule has 1 aromatic heterocycles. The Balaban J connectivity index is 1.19. The fraction of sp³-hybridized carbons (Fsp3) is 0.471. The lowest BCUT2D eigenvalue weighted by Crippen LogP contribution is -2.50. The lowest BCUT2D eigenvalue weighted by atomic mass is 9.82. The zero-order chi connectivity index (χ0) is 33.9. The summed E-state index contributed by atoms with van der Waals surface area (Å²) in [4.78, 5) is 37.5. The highest BCUT2D eigenvalue weighted by Crippen LogP contribution is 2.41. The van der Waals surface area contributed by atoms with Gasteiger partial charge in [0.15, 0.2) is 0 Å². The van der Waals surface area contributed by atoms with Crippen molar-refractivity contribution in [1.29, 1.82) is 0 Å². The van der Waals surface area contributed by atoms with Crippen molar-refractivity contribution in [3.05, 3.63) is 65.0 Å². The van der Waals surface area contributed by atoms with Crippen molar-refractivity contribution in [2.24, 2.45) is 0 Å². The highest BCUT2D eigenvalue weighted by atomic mass is 19.4. The van der Waals surface area contributed by atoms with Gasteiger partial charge in [-0.15, -0.1) is 0 Å². The van der Waals surface area contributed by atoms with E-state index < -0.39 is 22.8 Å². The van der Waals surface area contributed by atoms with Crippen LogP contribution in [0, 0.1) is 0 Å². The molecule has 2 atom stereocenters. The van der Waals surface area contributed by atoms with E-state index in [0.29, 0.717) is 30.2 Å². The van der Waals surface area contributed by atoms with Crippen LogP contribution < -0.4 is 20.3 Å². The number of likely N-dealkylation sites (tertiary alicyclic amines) is 1. The third kappa shape index (κ3) is 6.27. The Morgan fingerprint density at radius 3 is 2.53 bits per heavy atom. The first kappa shape index (κ1) is 32.4. The molecule has 250 valence electrons. The van der Waals surface area contributed by atoms with E-state index in [4.69, 9.17) is 9.47 Å². The van der Waals surface area contributed by atoms with Gasteiger partial charge in [-0.3, -0.25) is 4.79 Å². The first-order chi connectivity index (χ1) is 22.0. The molecule has 2 saturated heterocycles. The van der Waals surface area contributed by atoms with Crippen LogP contribution in [0.2, 0.25) is 0 Å². The molecule has 2 aromatic carbocycles. The molecule has 3 aromatic rings. The zero-order valence-electron chi connectivity index (χ0n) is 27.3. The average molecular weight is 653 g/mol. The number of anilines is 4. The number of hydrogen-bond acceptors (Lipinski definition) is 8. The largest absolute Gasteiger partial charge is 0.494 e. The Labute approximate surface area is 271 Å². The second kappa shape index (κ2) is 11.6. The molecule has 47 heavy (non-hydrogen) atoms. The van der Waals surface area contributed by atoms with Gasteiger partial charge in [0.2, 0.25) is 11.9 Å². The summed E-state index contributed by atoms with van der Waals surface area (Å²) in [7, 11) is 1.52. The minimum absolute atomic E-state index is 0.00254. The summed E-state index contributed by atoms with van der Waals surface area (Å²) in [6, 6.07) is 11.1. The second-order valence-electron chi connectivity index (χ2n) is 13.8. The minimum Gasteiger partial charge on any atom is -0.494 e. The highest BCUT2D eigenvalue weighted by Gasteiger charge is 2.47. The van der Waals surface area contributed by atoms with E-state index in [1.165, 1.54) is 7.11 Å². The van der Waals surface area contributed by atoms with Crippen LogP contribution in [0.3, 0.4) is 0 Å². The number of fused-ring (bicyclic) bond motifs is 3. The molecule has 3 aliphatic rings. The van der Waals surface area contributed by atoms with E-state index in [9.17, 15) is 22.8 Å². The first-order valence-corrected chi connectivity index (χ1v) is 15.6. The number of nitrogens with one attached hydrogen (secondary N) is 2. The first-order valence-electron chi connectivity index (χ1n) is 15.6. The molecule has 0 aliphatic carbocycles. The highest BCUT2D eigenvalue weighted by molar-refractivity contribution is 6.06. The number of ether oxygens (including phenoxy) is 2. The number of nitrogens with zero attached hydrogens (tertiary/aromatic N) is 4. The zero-order valence-corrected chi connectivity index (χ0v) is 27.3. The van der Waals surface area contributed by atoms with E-state index in [0.717, 1.165) is 29.4 Å². The van der Waals surface area contributed by atoms with E-state index in [1.807, 2.05) is 39.0 Å². The average Bonchev–Trinajstić information content (AvgIpc) is 3.66. The molecular weight excluding hydrogens is 613 g/mol. The molecule has 6 rings (SSSR count). The number of alkyl halides is 3. The van der Waals surface area contributed by atoms with Crippen molar-refractivity contribution in [2.45, 2.75) is 83.2 Å². The van der Waals surface area contributed by atoms with Gasteiger partial charge in [-0.05, 0) is 83.2 Å². The standard InChI is InChI=1S/C34H39F3N6O4/c1-32(2,3)47-31(45)43-18-21-14-22(43)17-42(21)20-11-13-25(27(15-20)46-6)41-30-38-16-23(34(35,36)37)24(40-30)12-10-19-8-7-9-26-28(19)33(4,5)29(44)39-26/h7-9,11,13,15-16,21-22H,10,12,14,17-18H2,1-6H3,(H,39,44)(H,38,40,41). The normalized spacial score (nSPS) is 19.9. The summed E-state index contributed by atoms with van der Waals surface area (Å²) in [6.07, 6.45) is -3.08. The molecule has 0 radical (unpaired) electrons. The number of amides is 2. The summed E-state index contributed by atoms with van der Waals surface area (Å²) in [6.45, 7) is 10.4. The van der Waals surface area contributed by atoms with Crippen molar-refractivity contribution < 1.29 is 32.2 Å². The van der Waals surface area contributed by atoms with Gasteiger partial charge < -0.3 is 29.9 Å². The van der Waals surface area contributed by atoms with E-state index in [1.54, 1.807) is 36.9 Å². The molecule has 2 amide bonds. The van der Waals surface area contributed by atoms with Gasteiger partial charge >= 0.3 is 12.3 Å². The number of benzene rings is 2. The van der Waals surface area contributed by atoms with Crippen molar-refractivity contribution in [1.82, 2.24) is 14.9 Å². The number of hydrogen-bond donors (Lipinski definition) is 2. The van der Waals surface area contributed by atoms with Gasteiger partial charge in [0.05, 0.1) is 35.5 Å². The van der Waals surface area contributed by atoms with Gasteiger partial charge in [0.1, 0.15) is 11.4 Å². The molecular formula is C34H39F3N6O4. The van der Waals surface area contributed by atoms with Crippen LogP contribution in [0.15, 0.2) is 42.6 Å². The molecule has 2 N–H and O–H groups in total. The van der Waals surface area contributed by atoms with Gasteiger partial charge in [0.25, 0.3) is 0 Å². The lowest BCUT2D eigenvalue weighted by Gasteiger charge is -2.36. The van der Waals surface area contributed by atoms with Crippen molar-refractivity contribution in [3.63, 3.8) is 0 Å². The van der Waals surface area contributed by atoms with Crippen LogP contribution in [0.4, 0.5) is 41.0 Å². The summed E-state index contributed by atoms with van der Waals surface area (Å²) >= 11 is 0. The molecule has 2 fully saturated rings. The summed E-state index contributed by atoms with van der Waals surface area (Å²) < 4.78 is 53.3. The van der Waals surface area contributed by atoms with Crippen LogP contribution >= 0.6 is 0 Å². The maximum Gasteiger partial charge on any atom is 0.419 e. The fourth-order valence-corrected chi connectivity index (χ4v) is 6.81. The Bertz CT molecular complexity index is 1720. The van der Waals surface area contributed by atoms with Gasteiger partial charge in [-0.25, -0.2) is 14.8 Å². The molecule has 0 spiro atoms. The summed E-state index contributed by atoms with van der Waals surface area (Å²) in [5, 5.41) is 5.90. The topological polar surface area (TPSA) is 109 Å². The Kier molecular flexibility index (Phi) is 8.00. The number of piperazine rings is 1. The van der Waals surface area contributed by atoms with E-state index in [-0.39, 0.29) is 48.6 Å². The van der Waals surface area contributed by atoms with E-state index in [2.05, 4.69) is 25.5 Å². The van der Waals surface area contributed by atoms with Gasteiger partial charge in [-0.1, -0.05) is 12.1 Å². The monoisotopic (exact) mass is 652 g/mol. The number of rotatable bonds is 7. The van der Waals surface area contributed by atoms with Crippen LogP contribution in [-0.2, 0) is 34.0 Å². The number of aromatic nitrogens is 2. The third-order valence-corrected chi connectivity index (χ3v) is 9.03. The molecule has 2 bridgehead atoms. The quantitative estimate of drug-likeness (QED) is 0.300. The Hall–Kier alpha value is -4.55. The number of carbonyl (C=O) groups excluding carboxylic acids is 2. The summed E-state index contributed by atoms with van der Waals surface area (Å²) in [5.74, 6) is 0.325. The maximum absolute atomic E-state index is 14.0. The maximum atomic E-state index is 14.0. The predicted octanol–water partition coefficient (Wildman–Crippen LogP) is 6.46. The minimum atomic E-state index is -4.64. The molecule has 2 unspecified atom stereocenters. The molecule has 0 saturated carbocycles. The molecule has 4 heterocycles. The van der Waals surface area contributed by atoms with Gasteiger partial charge in [0, 0.05) is 42.8 Å². The van der Waals surface area contributed by atoms with Crippen molar-refractivity contribution in [3.8, 4) is 5.75 Å². The van der Waals surface area contributed by atoms with Crippen LogP contribution in [-0.4, -0.2) is 64.8 Å². The number of halogens is 3. The second-order valence-corrected chi connectivity index (χ2v) is 13.8. The number of carbonyl (C=O) groups is 2. The third-order valence-electron chi connectivity index (χ3n) is 9.03. The van der Waals surface area contributed by atoms with Crippen LogP contribution in [0.1, 0.15) is 63.4 Å². The number of aryl methyl sites for hydroxylation is 2. The van der Waals surface area contributed by atoms with Crippen LogP contribution in [0.5, 0.6) is 5.75 Å². The van der Waals surface area contributed by atoms with Crippen molar-refractivity contribution >= 4 is 35.0 Å². The SMILES string of the molecule is COc1cc(N2CC3CC2CN3C(=O)OC(C)(C)C)ccc1Nc1ncc(C(F)(F)F)c(CCc2cccc3c2C(C)(C)C(=O)N3)n1. The number of methoxy groups -OCH3 is 1. The smallest absolute Gasteiger partial charge is 0.419 e. The van der Waals surface area contributed by atoms with Crippen molar-refractivity contribution in [2.75, 3.05) is 35.7 Å². The molecule has 13 heteroatoms.